The molecule has 0 aromatic heterocycles. The minimum Gasteiger partial charge on any atom is -0.460 e. The minimum atomic E-state index is -0.389. The Morgan fingerprint density at radius 1 is 1.25 bits per heavy atom. The quantitative estimate of drug-likeness (QED) is 0.712. The van der Waals surface area contributed by atoms with Gasteiger partial charge in [0, 0.05) is 12.6 Å². The Hall–Kier alpha value is -0.570. The number of hydrogen-bond acceptors (Lipinski definition) is 3. The van der Waals surface area contributed by atoms with E-state index in [1.807, 2.05) is 27.7 Å². The van der Waals surface area contributed by atoms with Gasteiger partial charge in [-0.2, -0.15) is 0 Å². The Morgan fingerprint density at radius 2 is 1.75 bits per heavy atom. The van der Waals surface area contributed by atoms with Gasteiger partial charge < -0.3 is 10.1 Å². The molecule has 96 valence electrons. The maximum atomic E-state index is 11.7. The highest BCUT2D eigenvalue weighted by Crippen LogP contribution is 2.11. The second-order valence-electron chi connectivity index (χ2n) is 5.36. The zero-order valence-electron chi connectivity index (χ0n) is 11.6. The molecule has 0 fully saturated rings. The molecule has 1 atom stereocenters. The molecular formula is C13H27NO2. The van der Waals surface area contributed by atoms with Crippen LogP contribution in [0.25, 0.3) is 0 Å². The average molecular weight is 229 g/mol. The molecule has 0 saturated carbocycles. The summed E-state index contributed by atoms with van der Waals surface area (Å²) in [4.78, 5) is 11.7. The Balaban J connectivity index is 3.97. The van der Waals surface area contributed by atoms with Gasteiger partial charge in [-0.3, -0.25) is 4.79 Å². The number of hydrogen-bond donors (Lipinski definition) is 1. The largest absolute Gasteiger partial charge is 0.460 e. The van der Waals surface area contributed by atoms with Crippen molar-refractivity contribution in [2.75, 3.05) is 6.54 Å². The van der Waals surface area contributed by atoms with E-state index in [-0.39, 0.29) is 17.5 Å². The highest BCUT2D eigenvalue weighted by atomic mass is 16.6. The molecule has 0 heterocycles. The van der Waals surface area contributed by atoms with Crippen LogP contribution in [-0.2, 0) is 9.53 Å². The zero-order valence-corrected chi connectivity index (χ0v) is 11.6. The molecule has 0 unspecified atom stereocenters. The molecule has 0 aromatic carbocycles. The van der Waals surface area contributed by atoms with Crippen LogP contribution in [0.3, 0.4) is 0 Å². The molecule has 0 aliphatic heterocycles. The van der Waals surface area contributed by atoms with Gasteiger partial charge in [-0.15, -0.1) is 0 Å². The summed E-state index contributed by atoms with van der Waals surface area (Å²) in [5, 5.41) is 3.38. The summed E-state index contributed by atoms with van der Waals surface area (Å²) in [6, 6.07) is 0.505. The monoisotopic (exact) mass is 229 g/mol. The number of ether oxygens (including phenoxy) is 1. The second-order valence-corrected chi connectivity index (χ2v) is 5.36. The Bertz CT molecular complexity index is 204. The standard InChI is InChI=1S/C13H27NO2/c1-7-11(8-2)14-9-10(3)12(15)16-13(4,5)6/h10-11,14H,7-9H2,1-6H3/t10-/m0/s1. The van der Waals surface area contributed by atoms with Crippen LogP contribution >= 0.6 is 0 Å². The summed E-state index contributed by atoms with van der Waals surface area (Å²) in [5.74, 6) is -0.203. The van der Waals surface area contributed by atoms with Crippen LogP contribution in [0.1, 0.15) is 54.4 Å². The summed E-state index contributed by atoms with van der Waals surface area (Å²) in [5.41, 5.74) is -0.389. The predicted octanol–water partition coefficient (Wildman–Crippen LogP) is 2.74. The van der Waals surface area contributed by atoms with E-state index in [1.54, 1.807) is 0 Å². The molecule has 0 rings (SSSR count). The van der Waals surface area contributed by atoms with Gasteiger partial charge in [-0.25, -0.2) is 0 Å². The predicted molar refractivity (Wildman–Crippen MR) is 67.4 cm³/mol. The van der Waals surface area contributed by atoms with Crippen molar-refractivity contribution >= 4 is 5.97 Å². The lowest BCUT2D eigenvalue weighted by Crippen LogP contribution is -2.37. The number of esters is 1. The first-order valence-corrected chi connectivity index (χ1v) is 6.26. The van der Waals surface area contributed by atoms with Crippen molar-refractivity contribution in [2.24, 2.45) is 5.92 Å². The van der Waals surface area contributed by atoms with Crippen LogP contribution in [0, 0.1) is 5.92 Å². The summed E-state index contributed by atoms with van der Waals surface area (Å²) in [6.07, 6.45) is 2.19. The molecule has 16 heavy (non-hydrogen) atoms. The van der Waals surface area contributed by atoms with Gasteiger partial charge in [-0.05, 0) is 33.6 Å². The molecule has 0 radical (unpaired) electrons. The SMILES string of the molecule is CCC(CC)NC[C@H](C)C(=O)OC(C)(C)C. The van der Waals surface area contributed by atoms with E-state index >= 15 is 0 Å². The van der Waals surface area contributed by atoms with Crippen molar-refractivity contribution in [1.29, 1.82) is 0 Å². The van der Waals surface area contributed by atoms with E-state index in [9.17, 15) is 4.79 Å². The van der Waals surface area contributed by atoms with Crippen LogP contribution in [0.4, 0.5) is 0 Å². The lowest BCUT2D eigenvalue weighted by atomic mass is 10.1. The van der Waals surface area contributed by atoms with Gasteiger partial charge in [0.1, 0.15) is 5.60 Å². The normalized spacial score (nSPS) is 13.9. The smallest absolute Gasteiger partial charge is 0.310 e. The molecular weight excluding hydrogens is 202 g/mol. The van der Waals surface area contributed by atoms with Crippen molar-refractivity contribution < 1.29 is 9.53 Å². The van der Waals surface area contributed by atoms with E-state index in [0.717, 1.165) is 12.8 Å². The van der Waals surface area contributed by atoms with Crippen molar-refractivity contribution in [3.63, 3.8) is 0 Å². The van der Waals surface area contributed by atoms with E-state index in [0.29, 0.717) is 12.6 Å². The first kappa shape index (κ1) is 15.4. The molecule has 0 saturated heterocycles. The van der Waals surface area contributed by atoms with E-state index in [4.69, 9.17) is 4.74 Å². The minimum absolute atomic E-state index is 0.0835. The molecule has 3 heteroatoms. The van der Waals surface area contributed by atoms with Crippen LogP contribution in [-0.4, -0.2) is 24.2 Å². The van der Waals surface area contributed by atoms with Crippen molar-refractivity contribution in [2.45, 2.75) is 66.0 Å². The molecule has 0 aliphatic carbocycles. The topological polar surface area (TPSA) is 38.3 Å². The van der Waals surface area contributed by atoms with Gasteiger partial charge in [0.15, 0.2) is 0 Å². The van der Waals surface area contributed by atoms with Crippen LogP contribution in [0.15, 0.2) is 0 Å². The van der Waals surface area contributed by atoms with E-state index < -0.39 is 0 Å². The van der Waals surface area contributed by atoms with Gasteiger partial charge in [0.25, 0.3) is 0 Å². The zero-order chi connectivity index (χ0) is 12.8. The fourth-order valence-electron chi connectivity index (χ4n) is 1.41. The maximum Gasteiger partial charge on any atom is 0.310 e. The molecule has 3 nitrogen and oxygen atoms in total. The van der Waals surface area contributed by atoms with Gasteiger partial charge in [0.05, 0.1) is 5.92 Å². The molecule has 1 N–H and O–H groups in total. The third-order valence-electron chi connectivity index (χ3n) is 2.51. The highest BCUT2D eigenvalue weighted by molar-refractivity contribution is 5.72. The fourth-order valence-corrected chi connectivity index (χ4v) is 1.41. The van der Waals surface area contributed by atoms with Crippen LogP contribution < -0.4 is 5.32 Å². The number of carbonyl (C=O) groups excluding carboxylic acids is 1. The molecule has 0 aliphatic rings. The second kappa shape index (κ2) is 6.89. The molecule has 0 spiro atoms. The number of carbonyl (C=O) groups is 1. The third-order valence-corrected chi connectivity index (χ3v) is 2.51. The van der Waals surface area contributed by atoms with E-state index in [1.165, 1.54) is 0 Å². The number of rotatable bonds is 6. The Labute approximate surface area is 99.9 Å². The van der Waals surface area contributed by atoms with Crippen molar-refractivity contribution in [3.8, 4) is 0 Å². The lowest BCUT2D eigenvalue weighted by Gasteiger charge is -2.23. The molecule has 0 aromatic rings. The maximum absolute atomic E-state index is 11.7. The first-order chi connectivity index (χ1) is 7.30. The number of nitrogens with one attached hydrogen (secondary N) is 1. The molecule has 0 amide bonds. The first-order valence-electron chi connectivity index (χ1n) is 6.26. The van der Waals surface area contributed by atoms with Gasteiger partial charge >= 0.3 is 5.97 Å². The van der Waals surface area contributed by atoms with Crippen molar-refractivity contribution in [3.05, 3.63) is 0 Å². The lowest BCUT2D eigenvalue weighted by molar-refractivity contribution is -0.159. The molecule has 0 bridgehead atoms. The average Bonchev–Trinajstić information content (AvgIpc) is 2.16. The highest BCUT2D eigenvalue weighted by Gasteiger charge is 2.21. The summed E-state index contributed by atoms with van der Waals surface area (Å²) < 4.78 is 5.32. The Kier molecular flexibility index (Phi) is 6.65. The Morgan fingerprint density at radius 3 is 2.12 bits per heavy atom. The summed E-state index contributed by atoms with van der Waals surface area (Å²) in [7, 11) is 0. The summed E-state index contributed by atoms with van der Waals surface area (Å²) in [6.45, 7) is 12.6. The van der Waals surface area contributed by atoms with Gasteiger partial charge in [0.2, 0.25) is 0 Å². The van der Waals surface area contributed by atoms with Crippen LogP contribution in [0.5, 0.6) is 0 Å². The van der Waals surface area contributed by atoms with Gasteiger partial charge in [-0.1, -0.05) is 20.8 Å². The fraction of sp³-hybridized carbons (Fsp3) is 0.923. The van der Waals surface area contributed by atoms with E-state index in [2.05, 4.69) is 19.2 Å². The van der Waals surface area contributed by atoms with Crippen molar-refractivity contribution in [1.82, 2.24) is 5.32 Å². The third kappa shape index (κ3) is 6.83. The summed E-state index contributed by atoms with van der Waals surface area (Å²) >= 11 is 0. The van der Waals surface area contributed by atoms with Crippen LogP contribution in [0.2, 0.25) is 0 Å².